The second-order valence-electron chi connectivity index (χ2n) is 5.05. The Balaban J connectivity index is 1.84. The van der Waals surface area contributed by atoms with Gasteiger partial charge in [-0.15, -0.1) is 11.3 Å². The summed E-state index contributed by atoms with van der Waals surface area (Å²) in [5, 5.41) is 6.87. The molecule has 4 heteroatoms. The maximum Gasteiger partial charge on any atom is 0.0587 e. The monoisotopic (exact) mass is 300 g/mol. The molecule has 110 valence electrons. The molecule has 0 aliphatic heterocycles. The summed E-state index contributed by atoms with van der Waals surface area (Å²) < 4.78 is 7.42. The highest BCUT2D eigenvalue weighted by Gasteiger charge is 2.07. The summed E-state index contributed by atoms with van der Waals surface area (Å²) in [5.41, 5.74) is 2.67. The Bertz CT molecular complexity index is 688. The van der Waals surface area contributed by atoms with Gasteiger partial charge in [0.15, 0.2) is 0 Å². The molecule has 1 aromatic carbocycles. The summed E-state index contributed by atoms with van der Waals surface area (Å²) in [7, 11) is 1.73. The molecule has 0 aliphatic carbocycles. The highest BCUT2D eigenvalue weighted by molar-refractivity contribution is 7.09. The molecule has 3 aromatic rings. The maximum absolute atomic E-state index is 5.08. The Labute approximate surface area is 129 Å². The minimum Gasteiger partial charge on any atom is -0.383 e. The number of hydrogen-bond acceptors (Lipinski definition) is 3. The molecule has 0 amide bonds. The number of nitrogens with zero attached hydrogens (tertiary/aromatic N) is 1. The van der Waals surface area contributed by atoms with Gasteiger partial charge in [-0.2, -0.15) is 0 Å². The molecule has 0 spiro atoms. The van der Waals surface area contributed by atoms with E-state index >= 15 is 0 Å². The lowest BCUT2D eigenvalue weighted by atomic mass is 10.1. The van der Waals surface area contributed by atoms with Crippen molar-refractivity contribution in [1.82, 2.24) is 9.88 Å². The van der Waals surface area contributed by atoms with Gasteiger partial charge >= 0.3 is 0 Å². The number of fused-ring (bicyclic) bond motifs is 1. The highest BCUT2D eigenvalue weighted by atomic mass is 32.1. The van der Waals surface area contributed by atoms with Gasteiger partial charge in [-0.25, -0.2) is 0 Å². The number of benzene rings is 1. The van der Waals surface area contributed by atoms with E-state index in [0.717, 1.165) is 26.2 Å². The molecule has 21 heavy (non-hydrogen) atoms. The zero-order chi connectivity index (χ0) is 14.5. The van der Waals surface area contributed by atoms with Crippen molar-refractivity contribution in [2.75, 3.05) is 20.3 Å². The predicted octanol–water partition coefficient (Wildman–Crippen LogP) is 3.49. The van der Waals surface area contributed by atoms with Crippen LogP contribution in [0.2, 0.25) is 0 Å². The van der Waals surface area contributed by atoms with Crippen molar-refractivity contribution in [2.45, 2.75) is 13.1 Å². The van der Waals surface area contributed by atoms with E-state index in [1.165, 1.54) is 21.3 Å². The second kappa shape index (κ2) is 6.89. The first-order valence-electron chi connectivity index (χ1n) is 7.17. The first-order valence-corrected chi connectivity index (χ1v) is 8.05. The van der Waals surface area contributed by atoms with Gasteiger partial charge < -0.3 is 14.6 Å². The van der Waals surface area contributed by atoms with Crippen molar-refractivity contribution in [2.24, 2.45) is 0 Å². The summed E-state index contributed by atoms with van der Waals surface area (Å²) in [6, 6.07) is 13.0. The second-order valence-corrected chi connectivity index (χ2v) is 6.08. The Morgan fingerprint density at radius 3 is 2.95 bits per heavy atom. The number of hydrogen-bond donors (Lipinski definition) is 1. The fraction of sp³-hybridized carbons (Fsp3) is 0.294. The molecular weight excluding hydrogens is 280 g/mol. The predicted molar refractivity (Wildman–Crippen MR) is 88.9 cm³/mol. The van der Waals surface area contributed by atoms with Gasteiger partial charge in [-0.1, -0.05) is 24.3 Å². The van der Waals surface area contributed by atoms with Crippen LogP contribution >= 0.6 is 11.3 Å². The first-order chi connectivity index (χ1) is 10.4. The lowest BCUT2D eigenvalue weighted by molar-refractivity contribution is 0.199. The Morgan fingerprint density at radius 1 is 1.19 bits per heavy atom. The summed E-state index contributed by atoms with van der Waals surface area (Å²) in [5.74, 6) is 0. The van der Waals surface area contributed by atoms with Crippen LogP contribution in [0.3, 0.4) is 0 Å². The number of nitrogens with one attached hydrogen (secondary N) is 1. The van der Waals surface area contributed by atoms with Crippen molar-refractivity contribution in [1.29, 1.82) is 0 Å². The highest BCUT2D eigenvalue weighted by Crippen LogP contribution is 2.22. The van der Waals surface area contributed by atoms with Crippen LogP contribution in [0.25, 0.3) is 10.9 Å². The molecule has 1 N–H and O–H groups in total. The zero-order valence-corrected chi connectivity index (χ0v) is 13.0. The molecule has 0 aliphatic rings. The average molecular weight is 300 g/mol. The smallest absolute Gasteiger partial charge is 0.0587 e. The van der Waals surface area contributed by atoms with Crippen molar-refractivity contribution < 1.29 is 4.74 Å². The molecule has 0 radical (unpaired) electrons. The summed E-state index contributed by atoms with van der Waals surface area (Å²) in [4.78, 5) is 1.38. The fourth-order valence-electron chi connectivity index (χ4n) is 2.58. The van der Waals surface area contributed by atoms with Crippen LogP contribution in [0.15, 0.2) is 48.0 Å². The van der Waals surface area contributed by atoms with Gasteiger partial charge in [0, 0.05) is 31.3 Å². The first kappa shape index (κ1) is 14.3. The third kappa shape index (κ3) is 3.35. The van der Waals surface area contributed by atoms with E-state index in [0.29, 0.717) is 0 Å². The number of methoxy groups -OCH3 is 1. The molecule has 0 atom stereocenters. The van der Waals surface area contributed by atoms with Gasteiger partial charge in [0.1, 0.15) is 0 Å². The standard InChI is InChI=1S/C17H20N2OS/c1-20-10-8-18-12-15-5-2-4-14-7-9-19(17(14)15)13-16-6-3-11-21-16/h2-7,9,11,18H,8,10,12-13H2,1H3. The van der Waals surface area contributed by atoms with Gasteiger partial charge in [-0.3, -0.25) is 0 Å². The van der Waals surface area contributed by atoms with E-state index < -0.39 is 0 Å². The number of para-hydroxylation sites is 1. The molecule has 0 saturated carbocycles. The van der Waals surface area contributed by atoms with Crippen LogP contribution in [-0.2, 0) is 17.8 Å². The fourth-order valence-corrected chi connectivity index (χ4v) is 3.29. The minimum atomic E-state index is 0.742. The molecule has 0 saturated heterocycles. The molecule has 0 fully saturated rings. The quantitative estimate of drug-likeness (QED) is 0.676. The maximum atomic E-state index is 5.08. The van der Waals surface area contributed by atoms with Crippen LogP contribution in [0.1, 0.15) is 10.4 Å². The van der Waals surface area contributed by atoms with Gasteiger partial charge in [0.25, 0.3) is 0 Å². The van der Waals surface area contributed by atoms with Crippen molar-refractivity contribution in [3.8, 4) is 0 Å². The average Bonchev–Trinajstić information content (AvgIpc) is 3.15. The molecule has 3 rings (SSSR count). The Morgan fingerprint density at radius 2 is 2.14 bits per heavy atom. The van der Waals surface area contributed by atoms with Gasteiger partial charge in [0.05, 0.1) is 18.7 Å². The van der Waals surface area contributed by atoms with Crippen molar-refractivity contribution in [3.05, 3.63) is 58.4 Å². The summed E-state index contributed by atoms with van der Waals surface area (Å²) in [6.45, 7) is 3.43. The molecule has 0 unspecified atom stereocenters. The van der Waals surface area contributed by atoms with E-state index in [1.54, 1.807) is 7.11 Å². The van der Waals surface area contributed by atoms with E-state index in [9.17, 15) is 0 Å². The van der Waals surface area contributed by atoms with Gasteiger partial charge in [-0.05, 0) is 28.5 Å². The largest absolute Gasteiger partial charge is 0.383 e. The van der Waals surface area contributed by atoms with E-state index in [4.69, 9.17) is 4.74 Å². The molecule has 0 bridgehead atoms. The minimum absolute atomic E-state index is 0.742. The molecular formula is C17H20N2OS. The van der Waals surface area contributed by atoms with Crippen LogP contribution in [0.4, 0.5) is 0 Å². The lowest BCUT2D eigenvalue weighted by Gasteiger charge is -2.10. The topological polar surface area (TPSA) is 26.2 Å². The Hall–Kier alpha value is -1.62. The van der Waals surface area contributed by atoms with E-state index in [1.807, 2.05) is 11.3 Å². The van der Waals surface area contributed by atoms with Crippen LogP contribution in [-0.4, -0.2) is 24.8 Å². The van der Waals surface area contributed by atoms with E-state index in [-0.39, 0.29) is 0 Å². The number of rotatable bonds is 7. The van der Waals surface area contributed by atoms with Crippen LogP contribution in [0, 0.1) is 0 Å². The summed E-state index contributed by atoms with van der Waals surface area (Å²) in [6.07, 6.45) is 2.18. The molecule has 2 heterocycles. The van der Waals surface area contributed by atoms with Crippen molar-refractivity contribution in [3.63, 3.8) is 0 Å². The summed E-state index contributed by atoms with van der Waals surface area (Å²) >= 11 is 1.81. The third-order valence-corrected chi connectivity index (χ3v) is 4.44. The normalized spacial score (nSPS) is 11.3. The molecule has 3 nitrogen and oxygen atoms in total. The zero-order valence-electron chi connectivity index (χ0n) is 12.2. The van der Waals surface area contributed by atoms with Gasteiger partial charge in [0.2, 0.25) is 0 Å². The van der Waals surface area contributed by atoms with Crippen LogP contribution < -0.4 is 5.32 Å². The SMILES string of the molecule is COCCNCc1cccc2ccn(Cc3cccs3)c12. The lowest BCUT2D eigenvalue weighted by Crippen LogP contribution is -2.19. The molecule has 2 aromatic heterocycles. The number of aromatic nitrogens is 1. The van der Waals surface area contributed by atoms with Crippen molar-refractivity contribution >= 4 is 22.2 Å². The number of thiophene rings is 1. The van der Waals surface area contributed by atoms with Crippen LogP contribution in [0.5, 0.6) is 0 Å². The third-order valence-electron chi connectivity index (χ3n) is 3.58. The number of ether oxygens (including phenoxy) is 1. The van der Waals surface area contributed by atoms with E-state index in [2.05, 4.69) is 57.9 Å². The Kier molecular flexibility index (Phi) is 4.70.